The highest BCUT2D eigenvalue weighted by atomic mass is 19.4. The van der Waals surface area contributed by atoms with Gasteiger partial charge in [0.25, 0.3) is 11.8 Å². The van der Waals surface area contributed by atoms with Crippen LogP contribution in [0.25, 0.3) is 0 Å². The van der Waals surface area contributed by atoms with Crippen LogP contribution in [0, 0.1) is 0 Å². The molecule has 3 aromatic rings. The van der Waals surface area contributed by atoms with E-state index in [2.05, 4.69) is 4.98 Å². The number of benzene rings is 2. The van der Waals surface area contributed by atoms with E-state index in [0.717, 1.165) is 11.9 Å². The first-order chi connectivity index (χ1) is 16.2. The number of aryl methyl sites for hydroxylation is 1. The molecule has 10 heteroatoms. The Morgan fingerprint density at radius 2 is 1.56 bits per heavy atom. The van der Waals surface area contributed by atoms with Crippen LogP contribution in [-0.2, 0) is 19.8 Å². The van der Waals surface area contributed by atoms with E-state index in [9.17, 15) is 22.8 Å². The number of aromatic nitrogens is 2. The fourth-order valence-corrected chi connectivity index (χ4v) is 3.76. The number of hydrogen-bond donors (Lipinski definition) is 0. The van der Waals surface area contributed by atoms with Crippen molar-refractivity contribution in [1.82, 2.24) is 19.4 Å². The normalized spacial score (nSPS) is 14.2. The van der Waals surface area contributed by atoms with Gasteiger partial charge in [-0.3, -0.25) is 9.59 Å². The lowest BCUT2D eigenvalue weighted by Crippen LogP contribution is -2.50. The van der Waals surface area contributed by atoms with Gasteiger partial charge in [0.2, 0.25) is 0 Å². The third-order valence-corrected chi connectivity index (χ3v) is 5.71. The summed E-state index contributed by atoms with van der Waals surface area (Å²) in [4.78, 5) is 32.7. The molecule has 2 amide bonds. The van der Waals surface area contributed by atoms with Crippen LogP contribution in [0.4, 0.5) is 13.2 Å². The topological polar surface area (TPSA) is 67.7 Å². The highest BCUT2D eigenvalue weighted by molar-refractivity contribution is 5.97. The lowest BCUT2D eigenvalue weighted by molar-refractivity contribution is -0.138. The van der Waals surface area contributed by atoms with Crippen molar-refractivity contribution in [1.29, 1.82) is 0 Å². The highest BCUT2D eigenvalue weighted by Gasteiger charge is 2.36. The molecule has 0 radical (unpaired) electrons. The molecule has 1 aliphatic heterocycles. The molecule has 1 aromatic heterocycles. The molecule has 0 aliphatic carbocycles. The molecule has 4 rings (SSSR count). The van der Waals surface area contributed by atoms with Crippen LogP contribution in [0.1, 0.15) is 32.1 Å². The Hall–Kier alpha value is -3.82. The summed E-state index contributed by atoms with van der Waals surface area (Å²) in [5.41, 5.74) is -0.869. The van der Waals surface area contributed by atoms with E-state index in [1.54, 1.807) is 35.4 Å². The van der Waals surface area contributed by atoms with Crippen molar-refractivity contribution in [2.75, 3.05) is 26.2 Å². The van der Waals surface area contributed by atoms with Gasteiger partial charge >= 0.3 is 6.18 Å². The van der Waals surface area contributed by atoms with E-state index < -0.39 is 17.6 Å². The largest absolute Gasteiger partial charge is 0.486 e. The summed E-state index contributed by atoms with van der Waals surface area (Å²) in [6.07, 6.45) is -1.11. The summed E-state index contributed by atoms with van der Waals surface area (Å²) in [5, 5.41) is 0. The molecular formula is C24H23F3N4O3. The van der Waals surface area contributed by atoms with Gasteiger partial charge in [-0.15, -0.1) is 0 Å². The van der Waals surface area contributed by atoms with Gasteiger partial charge in [-0.05, 0) is 36.4 Å². The number of imidazole rings is 1. The van der Waals surface area contributed by atoms with E-state index in [4.69, 9.17) is 4.74 Å². The molecule has 0 atom stereocenters. The smallest absolute Gasteiger partial charge is 0.417 e. The number of carbonyl (C=O) groups excluding carboxylic acids is 2. The maximum Gasteiger partial charge on any atom is 0.417 e. The number of halogens is 3. The Balaban J connectivity index is 1.34. The third-order valence-electron chi connectivity index (χ3n) is 5.71. The fourth-order valence-electron chi connectivity index (χ4n) is 3.76. The highest BCUT2D eigenvalue weighted by Crippen LogP contribution is 2.32. The molecule has 0 unspecified atom stereocenters. The van der Waals surface area contributed by atoms with E-state index in [1.165, 1.54) is 23.1 Å². The second kappa shape index (κ2) is 9.58. The Bertz CT molecular complexity index is 1170. The van der Waals surface area contributed by atoms with Crippen LogP contribution in [0.2, 0.25) is 0 Å². The zero-order chi connectivity index (χ0) is 24.3. The molecule has 0 N–H and O–H groups in total. The van der Waals surface area contributed by atoms with Crippen LogP contribution in [-0.4, -0.2) is 57.3 Å². The molecule has 0 spiro atoms. The Kier molecular flexibility index (Phi) is 6.58. The fraction of sp³-hybridized carbons (Fsp3) is 0.292. The number of alkyl halides is 3. The number of hydrogen-bond acceptors (Lipinski definition) is 4. The number of carbonyl (C=O) groups is 2. The SMILES string of the molecule is Cn1ccnc1COc1ccc(C(=O)N2CCN(C(=O)c3ccccc3C(F)(F)F)CC2)cc1. The summed E-state index contributed by atoms with van der Waals surface area (Å²) in [6.45, 7) is 1.07. The maximum atomic E-state index is 13.3. The molecule has 2 heterocycles. The predicted molar refractivity (Wildman–Crippen MR) is 117 cm³/mol. The van der Waals surface area contributed by atoms with E-state index in [-0.39, 0.29) is 37.6 Å². The quantitative estimate of drug-likeness (QED) is 0.569. The second-order valence-corrected chi connectivity index (χ2v) is 7.90. The van der Waals surface area contributed by atoms with Gasteiger partial charge in [-0.25, -0.2) is 4.98 Å². The summed E-state index contributed by atoms with van der Waals surface area (Å²) in [6, 6.07) is 11.5. The number of piperazine rings is 1. The van der Waals surface area contributed by atoms with Crippen molar-refractivity contribution in [3.05, 3.63) is 83.4 Å². The molecule has 1 aliphatic rings. The number of nitrogens with zero attached hydrogens (tertiary/aromatic N) is 4. The molecule has 7 nitrogen and oxygen atoms in total. The predicted octanol–water partition coefficient (Wildman–Crippen LogP) is 3.62. The van der Waals surface area contributed by atoms with Crippen molar-refractivity contribution >= 4 is 11.8 Å². The van der Waals surface area contributed by atoms with Gasteiger partial charge in [0, 0.05) is 51.2 Å². The van der Waals surface area contributed by atoms with Crippen molar-refractivity contribution in [3.8, 4) is 5.75 Å². The van der Waals surface area contributed by atoms with Crippen LogP contribution in [0.3, 0.4) is 0 Å². The monoisotopic (exact) mass is 472 g/mol. The van der Waals surface area contributed by atoms with Crippen LogP contribution >= 0.6 is 0 Å². The summed E-state index contributed by atoms with van der Waals surface area (Å²) in [7, 11) is 1.87. The zero-order valence-corrected chi connectivity index (χ0v) is 18.5. The van der Waals surface area contributed by atoms with Gasteiger partial charge in [-0.1, -0.05) is 12.1 Å². The van der Waals surface area contributed by atoms with Gasteiger partial charge < -0.3 is 19.1 Å². The van der Waals surface area contributed by atoms with Crippen LogP contribution < -0.4 is 4.74 Å². The van der Waals surface area contributed by atoms with Crippen molar-refractivity contribution in [3.63, 3.8) is 0 Å². The number of rotatable bonds is 5. The van der Waals surface area contributed by atoms with Crippen LogP contribution in [0.5, 0.6) is 5.75 Å². The average Bonchev–Trinajstić information content (AvgIpc) is 3.26. The Labute approximate surface area is 194 Å². The summed E-state index contributed by atoms with van der Waals surface area (Å²) in [5.74, 6) is 0.469. The minimum absolute atomic E-state index is 0.154. The van der Waals surface area contributed by atoms with Crippen molar-refractivity contribution in [2.45, 2.75) is 12.8 Å². The molecule has 0 saturated carbocycles. The summed E-state index contributed by atoms with van der Waals surface area (Å²) < 4.78 is 47.3. The second-order valence-electron chi connectivity index (χ2n) is 7.90. The van der Waals surface area contributed by atoms with Gasteiger partial charge in [0.15, 0.2) is 0 Å². The van der Waals surface area contributed by atoms with Crippen LogP contribution in [0.15, 0.2) is 60.9 Å². The molecular weight excluding hydrogens is 449 g/mol. The molecule has 34 heavy (non-hydrogen) atoms. The molecule has 0 bridgehead atoms. The van der Waals surface area contributed by atoms with E-state index in [1.807, 2.05) is 17.8 Å². The first kappa shape index (κ1) is 23.3. The Morgan fingerprint density at radius 3 is 2.15 bits per heavy atom. The lowest BCUT2D eigenvalue weighted by Gasteiger charge is -2.35. The average molecular weight is 472 g/mol. The molecule has 2 aromatic carbocycles. The minimum atomic E-state index is -4.61. The summed E-state index contributed by atoms with van der Waals surface area (Å²) >= 11 is 0. The van der Waals surface area contributed by atoms with E-state index in [0.29, 0.717) is 17.9 Å². The first-order valence-electron chi connectivity index (χ1n) is 10.7. The van der Waals surface area contributed by atoms with Gasteiger partial charge in [-0.2, -0.15) is 13.2 Å². The molecule has 1 saturated heterocycles. The number of ether oxygens (including phenoxy) is 1. The van der Waals surface area contributed by atoms with Gasteiger partial charge in [0.05, 0.1) is 11.1 Å². The minimum Gasteiger partial charge on any atom is -0.486 e. The third kappa shape index (κ3) is 5.05. The Morgan fingerprint density at radius 1 is 0.941 bits per heavy atom. The van der Waals surface area contributed by atoms with E-state index >= 15 is 0 Å². The molecule has 1 fully saturated rings. The molecule has 178 valence electrons. The lowest BCUT2D eigenvalue weighted by atomic mass is 10.1. The first-order valence-corrected chi connectivity index (χ1v) is 10.7. The van der Waals surface area contributed by atoms with Gasteiger partial charge in [0.1, 0.15) is 18.2 Å². The number of amides is 2. The maximum absolute atomic E-state index is 13.3. The zero-order valence-electron chi connectivity index (χ0n) is 18.5. The van der Waals surface area contributed by atoms with Crippen molar-refractivity contribution < 1.29 is 27.5 Å². The van der Waals surface area contributed by atoms with Crippen molar-refractivity contribution in [2.24, 2.45) is 7.05 Å². The standard InChI is InChI=1S/C24H23F3N4O3/c1-29-11-10-28-21(29)16-34-18-8-6-17(7-9-18)22(32)30-12-14-31(15-13-30)23(33)19-4-2-3-5-20(19)24(25,26)27/h2-11H,12-16H2,1H3.